The van der Waals surface area contributed by atoms with Crippen LogP contribution in [-0.4, -0.2) is 20.3 Å². The number of hydrogen-bond acceptors (Lipinski definition) is 3. The highest BCUT2D eigenvalue weighted by molar-refractivity contribution is 5.85. The Kier molecular flexibility index (Phi) is 9.09. The standard InChI is InChI=1S/C15H23NO2.ClH/c1-5-8-13-9-12(11-16-6-2)10-14(17-4)15(13)18-7-3;/h5,9-10,16H,1,6-8,11H2,2-4H3;1H. The minimum absolute atomic E-state index is 0. The van der Waals surface area contributed by atoms with Crippen LogP contribution in [0.2, 0.25) is 0 Å². The molecule has 0 aromatic heterocycles. The smallest absolute Gasteiger partial charge is 0.164 e. The van der Waals surface area contributed by atoms with Crippen LogP contribution in [0.3, 0.4) is 0 Å². The fraction of sp³-hybridized carbons (Fsp3) is 0.467. The largest absolute Gasteiger partial charge is 0.493 e. The second-order valence-electron chi connectivity index (χ2n) is 3.99. The van der Waals surface area contributed by atoms with E-state index in [0.717, 1.165) is 36.6 Å². The summed E-state index contributed by atoms with van der Waals surface area (Å²) in [7, 11) is 1.67. The molecule has 0 bridgehead atoms. The van der Waals surface area contributed by atoms with E-state index in [1.165, 1.54) is 5.56 Å². The lowest BCUT2D eigenvalue weighted by Crippen LogP contribution is -2.12. The van der Waals surface area contributed by atoms with Gasteiger partial charge < -0.3 is 14.8 Å². The Morgan fingerprint density at radius 2 is 2.05 bits per heavy atom. The lowest BCUT2D eigenvalue weighted by atomic mass is 10.1. The van der Waals surface area contributed by atoms with Crippen molar-refractivity contribution in [1.82, 2.24) is 5.32 Å². The Bertz CT molecular complexity index is 394. The van der Waals surface area contributed by atoms with Crippen LogP contribution in [0.5, 0.6) is 11.5 Å². The molecule has 0 heterocycles. The van der Waals surface area contributed by atoms with Crippen LogP contribution in [-0.2, 0) is 13.0 Å². The van der Waals surface area contributed by atoms with E-state index in [0.29, 0.717) is 6.61 Å². The summed E-state index contributed by atoms with van der Waals surface area (Å²) in [6.07, 6.45) is 2.67. The molecule has 1 aromatic rings. The fourth-order valence-corrected chi connectivity index (χ4v) is 1.86. The van der Waals surface area contributed by atoms with Crippen molar-refractivity contribution in [3.8, 4) is 11.5 Å². The number of nitrogens with one attached hydrogen (secondary N) is 1. The van der Waals surface area contributed by atoms with Crippen LogP contribution in [0, 0.1) is 0 Å². The first-order valence-electron chi connectivity index (χ1n) is 6.40. The Morgan fingerprint density at radius 1 is 1.32 bits per heavy atom. The second-order valence-corrected chi connectivity index (χ2v) is 3.99. The van der Waals surface area contributed by atoms with E-state index in [4.69, 9.17) is 9.47 Å². The number of ether oxygens (including phenoxy) is 2. The highest BCUT2D eigenvalue weighted by atomic mass is 35.5. The zero-order valence-electron chi connectivity index (χ0n) is 12.0. The van der Waals surface area contributed by atoms with Crippen LogP contribution >= 0.6 is 12.4 Å². The second kappa shape index (κ2) is 9.70. The molecule has 1 rings (SSSR count). The molecule has 0 atom stereocenters. The summed E-state index contributed by atoms with van der Waals surface area (Å²) in [4.78, 5) is 0. The van der Waals surface area contributed by atoms with Crippen molar-refractivity contribution in [1.29, 1.82) is 0 Å². The predicted octanol–water partition coefficient (Wildman–Crippen LogP) is 3.35. The molecule has 3 nitrogen and oxygen atoms in total. The molecule has 19 heavy (non-hydrogen) atoms. The van der Waals surface area contributed by atoms with Gasteiger partial charge in [0.15, 0.2) is 11.5 Å². The third kappa shape index (κ3) is 5.13. The van der Waals surface area contributed by atoms with Crippen LogP contribution < -0.4 is 14.8 Å². The number of hydrogen-bond donors (Lipinski definition) is 1. The summed E-state index contributed by atoms with van der Waals surface area (Å²) in [5, 5.41) is 3.31. The molecule has 1 aromatic carbocycles. The van der Waals surface area contributed by atoms with E-state index in [1.807, 2.05) is 19.1 Å². The number of methoxy groups -OCH3 is 1. The van der Waals surface area contributed by atoms with E-state index in [9.17, 15) is 0 Å². The third-order valence-electron chi connectivity index (χ3n) is 2.64. The molecule has 0 saturated carbocycles. The molecule has 0 aliphatic rings. The zero-order valence-corrected chi connectivity index (χ0v) is 12.8. The first-order valence-corrected chi connectivity index (χ1v) is 6.40. The molecule has 4 heteroatoms. The highest BCUT2D eigenvalue weighted by Crippen LogP contribution is 2.33. The van der Waals surface area contributed by atoms with Crippen LogP contribution in [0.25, 0.3) is 0 Å². The first-order chi connectivity index (χ1) is 8.76. The van der Waals surface area contributed by atoms with Gasteiger partial charge >= 0.3 is 0 Å². The van der Waals surface area contributed by atoms with Gasteiger partial charge in [-0.3, -0.25) is 0 Å². The monoisotopic (exact) mass is 285 g/mol. The van der Waals surface area contributed by atoms with Crippen molar-refractivity contribution in [2.24, 2.45) is 0 Å². The Hall–Kier alpha value is -1.19. The Morgan fingerprint density at radius 3 is 2.58 bits per heavy atom. The predicted molar refractivity (Wildman–Crippen MR) is 82.7 cm³/mol. The Balaban J connectivity index is 0.00000324. The summed E-state index contributed by atoms with van der Waals surface area (Å²) in [6.45, 7) is 10.3. The van der Waals surface area contributed by atoms with Crippen LogP contribution in [0.15, 0.2) is 24.8 Å². The summed E-state index contributed by atoms with van der Waals surface area (Å²) >= 11 is 0. The normalized spacial score (nSPS) is 9.63. The van der Waals surface area contributed by atoms with E-state index >= 15 is 0 Å². The maximum Gasteiger partial charge on any atom is 0.164 e. The van der Waals surface area contributed by atoms with Gasteiger partial charge in [-0.15, -0.1) is 19.0 Å². The Labute approximate surface area is 122 Å². The van der Waals surface area contributed by atoms with Crippen molar-refractivity contribution < 1.29 is 9.47 Å². The number of halogens is 1. The third-order valence-corrected chi connectivity index (χ3v) is 2.64. The van der Waals surface area contributed by atoms with Gasteiger partial charge in [0.1, 0.15) is 0 Å². The lowest BCUT2D eigenvalue weighted by Gasteiger charge is -2.15. The van der Waals surface area contributed by atoms with Gasteiger partial charge in [-0.25, -0.2) is 0 Å². The maximum absolute atomic E-state index is 5.68. The van der Waals surface area contributed by atoms with Gasteiger partial charge in [-0.05, 0) is 31.5 Å². The van der Waals surface area contributed by atoms with Gasteiger partial charge in [0.25, 0.3) is 0 Å². The van der Waals surface area contributed by atoms with Crippen molar-refractivity contribution in [3.05, 3.63) is 35.9 Å². The average Bonchev–Trinajstić information content (AvgIpc) is 2.39. The van der Waals surface area contributed by atoms with Gasteiger partial charge in [0, 0.05) is 12.1 Å². The van der Waals surface area contributed by atoms with Gasteiger partial charge in [0.05, 0.1) is 13.7 Å². The van der Waals surface area contributed by atoms with E-state index in [2.05, 4.69) is 24.9 Å². The van der Waals surface area contributed by atoms with Gasteiger partial charge in [-0.2, -0.15) is 0 Å². The summed E-state index contributed by atoms with van der Waals surface area (Å²) in [6, 6.07) is 4.18. The molecular weight excluding hydrogens is 262 g/mol. The zero-order chi connectivity index (χ0) is 13.4. The molecule has 0 unspecified atom stereocenters. The van der Waals surface area contributed by atoms with Crippen molar-refractivity contribution in [3.63, 3.8) is 0 Å². The SMILES string of the molecule is C=CCc1cc(CNCC)cc(OC)c1OCC.Cl. The van der Waals surface area contributed by atoms with E-state index < -0.39 is 0 Å². The number of rotatable bonds is 8. The summed E-state index contributed by atoms with van der Waals surface area (Å²) < 4.78 is 11.1. The summed E-state index contributed by atoms with van der Waals surface area (Å²) in [5.41, 5.74) is 2.33. The quantitative estimate of drug-likeness (QED) is 0.743. The van der Waals surface area contributed by atoms with E-state index in [1.54, 1.807) is 7.11 Å². The molecule has 0 fully saturated rings. The molecular formula is C15H24ClNO2. The lowest BCUT2D eigenvalue weighted by molar-refractivity contribution is 0.308. The van der Waals surface area contributed by atoms with Crippen LogP contribution in [0.1, 0.15) is 25.0 Å². The molecule has 0 aliphatic carbocycles. The molecule has 0 radical (unpaired) electrons. The van der Waals surface area contributed by atoms with E-state index in [-0.39, 0.29) is 12.4 Å². The fourth-order valence-electron chi connectivity index (χ4n) is 1.86. The maximum atomic E-state index is 5.68. The van der Waals surface area contributed by atoms with Crippen molar-refractivity contribution >= 4 is 12.4 Å². The molecule has 0 aliphatic heterocycles. The first kappa shape index (κ1) is 17.8. The van der Waals surface area contributed by atoms with Crippen molar-refractivity contribution in [2.75, 3.05) is 20.3 Å². The topological polar surface area (TPSA) is 30.5 Å². The molecule has 108 valence electrons. The minimum Gasteiger partial charge on any atom is -0.493 e. The molecule has 1 N–H and O–H groups in total. The average molecular weight is 286 g/mol. The number of benzene rings is 1. The van der Waals surface area contributed by atoms with Crippen LogP contribution in [0.4, 0.5) is 0 Å². The minimum atomic E-state index is 0. The summed E-state index contributed by atoms with van der Waals surface area (Å²) in [5.74, 6) is 1.63. The molecule has 0 saturated heterocycles. The van der Waals surface area contributed by atoms with Gasteiger partial charge in [-0.1, -0.05) is 19.1 Å². The number of allylic oxidation sites excluding steroid dienone is 1. The van der Waals surface area contributed by atoms with Crippen molar-refractivity contribution in [2.45, 2.75) is 26.8 Å². The highest BCUT2D eigenvalue weighted by Gasteiger charge is 2.11. The van der Waals surface area contributed by atoms with Gasteiger partial charge in [0.2, 0.25) is 0 Å². The molecule has 0 amide bonds. The molecule has 0 spiro atoms.